The Kier molecular flexibility index (Phi) is 8.16. The third-order valence-corrected chi connectivity index (χ3v) is 6.39. The number of hydrogen-bond donors (Lipinski definition) is 1. The molecule has 13 heteroatoms. The van der Waals surface area contributed by atoms with Gasteiger partial charge in [0.1, 0.15) is 16.5 Å². The highest BCUT2D eigenvalue weighted by Gasteiger charge is 2.21. The third kappa shape index (κ3) is 6.31. The van der Waals surface area contributed by atoms with Crippen LogP contribution >= 0.6 is 23.2 Å². The highest BCUT2D eigenvalue weighted by molar-refractivity contribution is 7.87. The number of nitriles is 1. The van der Waals surface area contributed by atoms with Crippen molar-refractivity contribution in [1.29, 1.82) is 5.26 Å². The number of halogens is 2. The van der Waals surface area contributed by atoms with Crippen molar-refractivity contribution in [2.24, 2.45) is 0 Å². The van der Waals surface area contributed by atoms with Crippen LogP contribution in [0.25, 0.3) is 6.08 Å². The number of nitro groups is 1. The van der Waals surface area contributed by atoms with Crippen LogP contribution < -0.4 is 14.2 Å². The molecule has 0 unspecified atom stereocenters. The van der Waals surface area contributed by atoms with E-state index in [4.69, 9.17) is 32.1 Å². The maximum absolute atomic E-state index is 12.6. The number of anilines is 1. The number of hydrogen-bond acceptors (Lipinski definition) is 8. The maximum atomic E-state index is 12.6. The van der Waals surface area contributed by atoms with Crippen LogP contribution in [0.3, 0.4) is 0 Å². The van der Waals surface area contributed by atoms with Crippen molar-refractivity contribution in [2.75, 3.05) is 12.4 Å². The second-order valence-corrected chi connectivity index (χ2v) is 9.34. The molecule has 0 heterocycles. The number of ether oxygens (including phenoxy) is 1. The molecule has 0 aliphatic heterocycles. The molecule has 3 aromatic carbocycles. The first-order chi connectivity index (χ1) is 17.0. The van der Waals surface area contributed by atoms with Gasteiger partial charge in [0.2, 0.25) is 0 Å². The van der Waals surface area contributed by atoms with Crippen LogP contribution in [0.2, 0.25) is 10.0 Å². The van der Waals surface area contributed by atoms with E-state index >= 15 is 0 Å². The van der Waals surface area contributed by atoms with Crippen molar-refractivity contribution >= 4 is 56.7 Å². The van der Waals surface area contributed by atoms with Gasteiger partial charge < -0.3 is 14.2 Å². The van der Waals surface area contributed by atoms with Gasteiger partial charge in [0, 0.05) is 17.2 Å². The molecule has 0 saturated carbocycles. The summed E-state index contributed by atoms with van der Waals surface area (Å²) in [5, 5.41) is 23.3. The van der Waals surface area contributed by atoms with Crippen LogP contribution in [0.4, 0.5) is 11.4 Å². The first-order valence-electron chi connectivity index (χ1n) is 9.79. The molecular weight excluding hydrogens is 533 g/mol. The number of carbonyl (C=O) groups is 1. The Balaban J connectivity index is 1.85. The number of nitrogens with zero attached hydrogens (tertiary/aromatic N) is 2. The van der Waals surface area contributed by atoms with Crippen LogP contribution in [-0.4, -0.2) is 26.4 Å². The molecule has 0 radical (unpaired) electrons. The first kappa shape index (κ1) is 26.5. The summed E-state index contributed by atoms with van der Waals surface area (Å²) in [7, 11) is -3.07. The minimum Gasteiger partial charge on any atom is -0.493 e. The van der Waals surface area contributed by atoms with Crippen molar-refractivity contribution in [3.63, 3.8) is 0 Å². The van der Waals surface area contributed by atoms with E-state index in [9.17, 15) is 28.6 Å². The van der Waals surface area contributed by atoms with Crippen LogP contribution in [0.1, 0.15) is 5.56 Å². The Morgan fingerprint density at radius 1 is 1.08 bits per heavy atom. The van der Waals surface area contributed by atoms with Crippen LogP contribution in [0.15, 0.2) is 71.1 Å². The summed E-state index contributed by atoms with van der Waals surface area (Å²) in [5.41, 5.74) is -0.0122. The molecule has 0 bridgehead atoms. The SMILES string of the molecule is COc1cc(/C=C(/C#N)C(=O)Nc2cc(Cl)ccc2Cl)ccc1OS(=O)(=O)c1ccc([N+](=O)[O-])cc1. The molecule has 184 valence electrons. The molecule has 1 amide bonds. The van der Waals surface area contributed by atoms with Gasteiger partial charge in [0.15, 0.2) is 11.5 Å². The molecule has 0 aliphatic rings. The smallest absolute Gasteiger partial charge is 0.339 e. The van der Waals surface area contributed by atoms with Crippen molar-refractivity contribution < 1.29 is 27.1 Å². The summed E-state index contributed by atoms with van der Waals surface area (Å²) in [6.07, 6.45) is 1.25. The van der Waals surface area contributed by atoms with Crippen LogP contribution in [-0.2, 0) is 14.9 Å². The largest absolute Gasteiger partial charge is 0.493 e. The molecule has 3 rings (SSSR count). The predicted octanol–water partition coefficient (Wildman–Crippen LogP) is 5.22. The lowest BCUT2D eigenvalue weighted by Crippen LogP contribution is -2.13. The van der Waals surface area contributed by atoms with Crippen molar-refractivity contribution in [2.45, 2.75) is 4.90 Å². The molecule has 0 aromatic heterocycles. The zero-order chi connectivity index (χ0) is 26.5. The van der Waals surface area contributed by atoms with Gasteiger partial charge in [-0.25, -0.2) is 0 Å². The van der Waals surface area contributed by atoms with Gasteiger partial charge in [0.25, 0.3) is 11.6 Å². The standard InChI is InChI=1S/C23H15Cl2N3O7S/c1-34-22-11-14(10-15(13-26)23(29)27-20-12-16(24)3-8-19(20)25)2-9-21(22)35-36(32,33)18-6-4-17(5-7-18)28(30)31/h2-12H,1H3,(H,27,29)/b15-10-. The Bertz CT molecular complexity index is 1520. The number of non-ortho nitro benzene ring substituents is 1. The molecular formula is C23H15Cl2N3O7S. The summed E-state index contributed by atoms with van der Waals surface area (Å²) >= 11 is 11.9. The van der Waals surface area contributed by atoms with E-state index in [2.05, 4.69) is 5.32 Å². The minimum absolute atomic E-state index is 0.00943. The highest BCUT2D eigenvalue weighted by atomic mass is 35.5. The molecule has 36 heavy (non-hydrogen) atoms. The minimum atomic E-state index is -4.34. The number of benzene rings is 3. The lowest BCUT2D eigenvalue weighted by Gasteiger charge is -2.12. The highest BCUT2D eigenvalue weighted by Crippen LogP contribution is 2.32. The van der Waals surface area contributed by atoms with Gasteiger partial charge in [-0.3, -0.25) is 14.9 Å². The quantitative estimate of drug-likeness (QED) is 0.132. The maximum Gasteiger partial charge on any atom is 0.339 e. The second kappa shape index (κ2) is 11.1. The second-order valence-electron chi connectivity index (χ2n) is 6.95. The number of rotatable bonds is 8. The average Bonchev–Trinajstić information content (AvgIpc) is 2.85. The average molecular weight is 548 g/mol. The van der Waals surface area contributed by atoms with Crippen molar-refractivity contribution in [3.8, 4) is 17.6 Å². The van der Waals surface area contributed by atoms with Crippen LogP contribution in [0, 0.1) is 21.4 Å². The number of methoxy groups -OCH3 is 1. The van der Waals surface area contributed by atoms with E-state index < -0.39 is 20.9 Å². The summed E-state index contributed by atoms with van der Waals surface area (Å²) < 4.78 is 35.5. The predicted molar refractivity (Wildman–Crippen MR) is 133 cm³/mol. The van der Waals surface area contributed by atoms with Gasteiger partial charge in [-0.1, -0.05) is 29.3 Å². The molecule has 0 aliphatic carbocycles. The lowest BCUT2D eigenvalue weighted by atomic mass is 10.1. The number of nitrogens with one attached hydrogen (secondary N) is 1. The summed E-state index contributed by atoms with van der Waals surface area (Å²) in [4.78, 5) is 22.4. The number of nitro benzene ring substituents is 1. The van der Waals surface area contributed by atoms with Gasteiger partial charge in [-0.15, -0.1) is 0 Å². The van der Waals surface area contributed by atoms with E-state index in [0.717, 1.165) is 24.3 Å². The Morgan fingerprint density at radius 3 is 2.39 bits per heavy atom. The molecule has 3 aromatic rings. The Labute approximate surface area is 215 Å². The van der Waals surface area contributed by atoms with E-state index in [1.165, 1.54) is 43.5 Å². The fraction of sp³-hybridized carbons (Fsp3) is 0.0435. The van der Waals surface area contributed by atoms with Gasteiger partial charge in [0.05, 0.1) is 22.7 Å². The van der Waals surface area contributed by atoms with Crippen molar-refractivity contribution in [1.82, 2.24) is 0 Å². The monoisotopic (exact) mass is 547 g/mol. The van der Waals surface area contributed by atoms with E-state index in [0.29, 0.717) is 10.6 Å². The number of amides is 1. The molecule has 10 nitrogen and oxygen atoms in total. The number of carbonyl (C=O) groups excluding carboxylic acids is 1. The third-order valence-electron chi connectivity index (χ3n) is 4.58. The molecule has 0 atom stereocenters. The van der Waals surface area contributed by atoms with E-state index in [1.54, 1.807) is 12.1 Å². The molecule has 1 N–H and O–H groups in total. The van der Waals surface area contributed by atoms with E-state index in [-0.39, 0.29) is 38.4 Å². The van der Waals surface area contributed by atoms with Gasteiger partial charge in [-0.2, -0.15) is 13.7 Å². The molecule has 0 saturated heterocycles. The van der Waals surface area contributed by atoms with Gasteiger partial charge in [-0.05, 0) is 54.1 Å². The first-order valence-corrected chi connectivity index (χ1v) is 12.0. The molecule has 0 fully saturated rings. The van der Waals surface area contributed by atoms with Crippen LogP contribution in [0.5, 0.6) is 11.5 Å². The topological polar surface area (TPSA) is 149 Å². The Morgan fingerprint density at radius 2 is 1.78 bits per heavy atom. The fourth-order valence-electron chi connectivity index (χ4n) is 2.84. The zero-order valence-electron chi connectivity index (χ0n) is 18.3. The lowest BCUT2D eigenvalue weighted by molar-refractivity contribution is -0.384. The van der Waals surface area contributed by atoms with Gasteiger partial charge >= 0.3 is 10.1 Å². The normalized spacial score (nSPS) is 11.3. The molecule has 0 spiro atoms. The van der Waals surface area contributed by atoms with E-state index in [1.807, 2.05) is 0 Å². The zero-order valence-corrected chi connectivity index (χ0v) is 20.6. The summed E-state index contributed by atoms with van der Waals surface area (Å²) in [6.45, 7) is 0. The fourth-order valence-corrected chi connectivity index (χ4v) is 4.12. The van der Waals surface area contributed by atoms with Crippen molar-refractivity contribution in [3.05, 3.63) is 92.0 Å². The Hall–Kier alpha value is -4.11. The summed E-state index contributed by atoms with van der Waals surface area (Å²) in [5.74, 6) is -0.937. The summed E-state index contributed by atoms with van der Waals surface area (Å²) in [6, 6.07) is 14.4.